The zero-order chi connectivity index (χ0) is 14.7. The Kier molecular flexibility index (Phi) is 4.56. The van der Waals surface area contributed by atoms with Crippen molar-refractivity contribution < 1.29 is 9.53 Å². The second-order valence-electron chi connectivity index (χ2n) is 5.90. The van der Waals surface area contributed by atoms with Crippen molar-refractivity contribution in [1.82, 2.24) is 5.32 Å². The Morgan fingerprint density at radius 1 is 1.48 bits per heavy atom. The number of carbonyl (C=O) groups is 1. The van der Waals surface area contributed by atoms with E-state index >= 15 is 0 Å². The minimum absolute atomic E-state index is 0.158. The third kappa shape index (κ3) is 3.27. The number of benzene rings is 1. The van der Waals surface area contributed by atoms with E-state index in [-0.39, 0.29) is 11.9 Å². The minimum Gasteiger partial charge on any atom is -0.378 e. The average Bonchev–Trinajstić information content (AvgIpc) is 2.54. The first-order valence-corrected chi connectivity index (χ1v) is 8.01. The summed E-state index contributed by atoms with van der Waals surface area (Å²) in [7, 11) is 0. The van der Waals surface area contributed by atoms with Crippen LogP contribution in [0.25, 0.3) is 0 Å². The monoisotopic (exact) mass is 288 g/mol. The zero-order valence-electron chi connectivity index (χ0n) is 12.7. The molecular weight excluding hydrogens is 264 g/mol. The van der Waals surface area contributed by atoms with Gasteiger partial charge in [-0.3, -0.25) is 4.79 Å². The summed E-state index contributed by atoms with van der Waals surface area (Å²) in [5.74, 6) is 0.215. The highest BCUT2D eigenvalue weighted by atomic mass is 16.5. The van der Waals surface area contributed by atoms with E-state index in [1.807, 2.05) is 4.90 Å². The van der Waals surface area contributed by atoms with Crippen molar-refractivity contribution in [3.05, 3.63) is 29.3 Å². The van der Waals surface area contributed by atoms with E-state index in [2.05, 4.69) is 30.4 Å². The van der Waals surface area contributed by atoms with Crippen molar-refractivity contribution in [1.29, 1.82) is 0 Å². The first kappa shape index (κ1) is 14.5. The number of morpholine rings is 1. The second kappa shape index (κ2) is 6.58. The molecule has 1 aromatic rings. The number of nitrogens with zero attached hydrogens (tertiary/aromatic N) is 1. The number of fused-ring (bicyclic) bond motifs is 1. The third-order valence-corrected chi connectivity index (χ3v) is 4.40. The number of hydrogen-bond donors (Lipinski definition) is 1. The van der Waals surface area contributed by atoms with Gasteiger partial charge in [0.2, 0.25) is 5.91 Å². The third-order valence-electron chi connectivity index (χ3n) is 4.40. The topological polar surface area (TPSA) is 41.6 Å². The van der Waals surface area contributed by atoms with Gasteiger partial charge in [-0.05, 0) is 36.5 Å². The van der Waals surface area contributed by atoms with Gasteiger partial charge in [-0.15, -0.1) is 0 Å². The smallest absolute Gasteiger partial charge is 0.228 e. The highest BCUT2D eigenvalue weighted by Crippen LogP contribution is 2.29. The first-order valence-electron chi connectivity index (χ1n) is 8.01. The van der Waals surface area contributed by atoms with Gasteiger partial charge >= 0.3 is 0 Å². The number of carbonyl (C=O) groups excluding carboxylic acids is 1. The van der Waals surface area contributed by atoms with Gasteiger partial charge in [-0.25, -0.2) is 0 Å². The quantitative estimate of drug-likeness (QED) is 0.924. The molecule has 3 rings (SSSR count). The maximum Gasteiger partial charge on any atom is 0.228 e. The van der Waals surface area contributed by atoms with Gasteiger partial charge in [-0.2, -0.15) is 0 Å². The lowest BCUT2D eigenvalue weighted by molar-refractivity contribution is -0.119. The number of rotatable bonds is 3. The number of nitrogens with one attached hydrogen (secondary N) is 1. The molecule has 2 aliphatic rings. The highest BCUT2D eigenvalue weighted by molar-refractivity contribution is 5.95. The number of aryl methyl sites for hydroxylation is 2. The van der Waals surface area contributed by atoms with Crippen LogP contribution in [0.1, 0.15) is 30.9 Å². The number of amides is 1. The van der Waals surface area contributed by atoms with E-state index in [9.17, 15) is 4.79 Å². The molecule has 4 nitrogen and oxygen atoms in total. The van der Waals surface area contributed by atoms with E-state index < -0.39 is 0 Å². The lowest BCUT2D eigenvalue weighted by Gasteiger charge is -2.32. The fourth-order valence-corrected chi connectivity index (χ4v) is 3.17. The molecule has 0 bridgehead atoms. The standard InChI is InChI=1S/C17H24N2O2/c1-2-13-5-6-14-4-3-8-19(16(14)10-13)17(20)11-15-12-21-9-7-18-15/h5-6,10,15,18H,2-4,7-9,11-12H2,1H3. The predicted molar refractivity (Wildman–Crippen MR) is 83.7 cm³/mol. The molecule has 0 radical (unpaired) electrons. The normalized spacial score (nSPS) is 22.0. The van der Waals surface area contributed by atoms with Crippen molar-refractivity contribution in [2.24, 2.45) is 0 Å². The molecule has 0 spiro atoms. The summed E-state index contributed by atoms with van der Waals surface area (Å²) in [5.41, 5.74) is 3.73. The molecule has 0 saturated carbocycles. The van der Waals surface area contributed by atoms with Gasteiger partial charge < -0.3 is 15.0 Å². The molecule has 2 heterocycles. The van der Waals surface area contributed by atoms with Crippen LogP contribution >= 0.6 is 0 Å². The SMILES string of the molecule is CCc1ccc2c(c1)N(C(=O)CC1COCCN1)CCC2. The first-order chi connectivity index (χ1) is 10.3. The van der Waals surface area contributed by atoms with Gasteiger partial charge in [0.05, 0.1) is 13.2 Å². The molecule has 114 valence electrons. The van der Waals surface area contributed by atoms with Crippen LogP contribution in [0.4, 0.5) is 5.69 Å². The summed E-state index contributed by atoms with van der Waals surface area (Å²) in [4.78, 5) is 14.6. The molecule has 0 aliphatic carbocycles. The van der Waals surface area contributed by atoms with E-state index in [0.717, 1.165) is 44.6 Å². The van der Waals surface area contributed by atoms with Crippen molar-refractivity contribution in [2.45, 2.75) is 38.6 Å². The van der Waals surface area contributed by atoms with Crippen LogP contribution in [0.3, 0.4) is 0 Å². The maximum absolute atomic E-state index is 12.7. The van der Waals surface area contributed by atoms with Crippen molar-refractivity contribution >= 4 is 11.6 Å². The van der Waals surface area contributed by atoms with E-state index in [0.29, 0.717) is 13.0 Å². The molecule has 4 heteroatoms. The Bertz CT molecular complexity index is 510. The summed E-state index contributed by atoms with van der Waals surface area (Å²) in [6.07, 6.45) is 3.66. The minimum atomic E-state index is 0.158. The van der Waals surface area contributed by atoms with E-state index in [1.54, 1.807) is 0 Å². The number of ether oxygens (including phenoxy) is 1. The summed E-state index contributed by atoms with van der Waals surface area (Å²) in [6.45, 7) is 5.22. The van der Waals surface area contributed by atoms with Crippen molar-refractivity contribution in [3.8, 4) is 0 Å². The zero-order valence-corrected chi connectivity index (χ0v) is 12.7. The van der Waals surface area contributed by atoms with Gasteiger partial charge in [0, 0.05) is 31.2 Å². The van der Waals surface area contributed by atoms with Crippen molar-refractivity contribution in [3.63, 3.8) is 0 Å². The van der Waals surface area contributed by atoms with E-state index in [1.165, 1.54) is 11.1 Å². The van der Waals surface area contributed by atoms with Crippen molar-refractivity contribution in [2.75, 3.05) is 31.2 Å². The molecule has 1 amide bonds. The van der Waals surface area contributed by atoms with Gasteiger partial charge in [-0.1, -0.05) is 19.1 Å². The number of hydrogen-bond acceptors (Lipinski definition) is 3. The summed E-state index contributed by atoms with van der Waals surface area (Å²) >= 11 is 0. The Morgan fingerprint density at radius 2 is 2.38 bits per heavy atom. The molecule has 21 heavy (non-hydrogen) atoms. The fraction of sp³-hybridized carbons (Fsp3) is 0.588. The molecule has 1 N–H and O–H groups in total. The molecule has 1 unspecified atom stereocenters. The van der Waals surface area contributed by atoms with Gasteiger partial charge in [0.15, 0.2) is 0 Å². The largest absolute Gasteiger partial charge is 0.378 e. The molecule has 1 fully saturated rings. The lowest BCUT2D eigenvalue weighted by Crippen LogP contribution is -2.46. The number of anilines is 1. The molecule has 2 aliphatic heterocycles. The van der Waals surface area contributed by atoms with Crippen LogP contribution in [0.5, 0.6) is 0 Å². The summed E-state index contributed by atoms with van der Waals surface area (Å²) in [5, 5.41) is 3.36. The fourth-order valence-electron chi connectivity index (χ4n) is 3.17. The van der Waals surface area contributed by atoms with Crippen LogP contribution in [0.15, 0.2) is 18.2 Å². The van der Waals surface area contributed by atoms with Gasteiger partial charge in [0.25, 0.3) is 0 Å². The molecule has 1 atom stereocenters. The van der Waals surface area contributed by atoms with Crippen LogP contribution in [-0.2, 0) is 22.4 Å². The Hall–Kier alpha value is -1.39. The van der Waals surface area contributed by atoms with Crippen LogP contribution < -0.4 is 10.2 Å². The average molecular weight is 288 g/mol. The van der Waals surface area contributed by atoms with Crippen LogP contribution in [0, 0.1) is 0 Å². The molecular formula is C17H24N2O2. The molecule has 1 saturated heterocycles. The van der Waals surface area contributed by atoms with Gasteiger partial charge in [0.1, 0.15) is 0 Å². The second-order valence-corrected chi connectivity index (χ2v) is 5.90. The summed E-state index contributed by atoms with van der Waals surface area (Å²) < 4.78 is 5.44. The summed E-state index contributed by atoms with van der Waals surface area (Å²) in [6, 6.07) is 6.72. The lowest BCUT2D eigenvalue weighted by atomic mass is 9.98. The molecule has 0 aromatic heterocycles. The maximum atomic E-state index is 12.7. The Morgan fingerprint density at radius 3 is 3.14 bits per heavy atom. The van der Waals surface area contributed by atoms with Crippen LogP contribution in [-0.4, -0.2) is 38.3 Å². The highest BCUT2D eigenvalue weighted by Gasteiger charge is 2.25. The predicted octanol–water partition coefficient (Wildman–Crippen LogP) is 1.91. The Balaban J connectivity index is 1.75. The van der Waals surface area contributed by atoms with E-state index in [4.69, 9.17) is 4.74 Å². The molecule has 1 aromatic carbocycles. The van der Waals surface area contributed by atoms with Crippen LogP contribution in [0.2, 0.25) is 0 Å². The Labute approximate surface area is 126 Å².